The summed E-state index contributed by atoms with van der Waals surface area (Å²) in [6.07, 6.45) is -4.37. The van der Waals surface area contributed by atoms with Crippen LogP contribution in [0.4, 0.5) is 13.2 Å². The molecule has 7 heteroatoms. The third kappa shape index (κ3) is 5.37. The molecule has 1 N–H and O–H groups in total. The number of amides is 1. The predicted octanol–water partition coefficient (Wildman–Crippen LogP) is 4.92. The standard InChI is InChI=1S/C23H22F3NO3/c1-29-13-14-30-12-11-27-22(28)18-7-10-21-17(15-18)3-2-4-20(21)16-5-8-19(9-6-16)23(24,25)26/h2-10,15H,11-14H2,1H3,(H,27,28). The molecular weight excluding hydrogens is 395 g/mol. The summed E-state index contributed by atoms with van der Waals surface area (Å²) in [6, 6.07) is 15.9. The van der Waals surface area contributed by atoms with E-state index in [0.717, 1.165) is 28.5 Å². The number of methoxy groups -OCH3 is 1. The summed E-state index contributed by atoms with van der Waals surface area (Å²) in [7, 11) is 1.59. The Labute approximate surface area is 172 Å². The van der Waals surface area contributed by atoms with Crippen molar-refractivity contribution < 1.29 is 27.4 Å². The number of benzene rings is 3. The van der Waals surface area contributed by atoms with E-state index in [9.17, 15) is 18.0 Å². The number of hydrogen-bond donors (Lipinski definition) is 1. The van der Waals surface area contributed by atoms with Crippen molar-refractivity contribution in [1.82, 2.24) is 5.32 Å². The Morgan fingerprint density at radius 3 is 2.43 bits per heavy atom. The molecule has 0 aliphatic carbocycles. The number of hydrogen-bond acceptors (Lipinski definition) is 3. The lowest BCUT2D eigenvalue weighted by Crippen LogP contribution is -2.27. The molecule has 0 saturated heterocycles. The minimum atomic E-state index is -4.37. The highest BCUT2D eigenvalue weighted by molar-refractivity contribution is 6.02. The third-order valence-electron chi connectivity index (χ3n) is 4.63. The second-order valence-electron chi connectivity index (χ2n) is 6.68. The van der Waals surface area contributed by atoms with Crippen molar-refractivity contribution in [3.63, 3.8) is 0 Å². The van der Waals surface area contributed by atoms with Crippen LogP contribution in [0.15, 0.2) is 60.7 Å². The molecule has 4 nitrogen and oxygen atoms in total. The number of carbonyl (C=O) groups is 1. The second-order valence-corrected chi connectivity index (χ2v) is 6.68. The number of ether oxygens (including phenoxy) is 2. The van der Waals surface area contributed by atoms with Gasteiger partial charge in [-0.2, -0.15) is 13.2 Å². The molecular formula is C23H22F3NO3. The lowest BCUT2D eigenvalue weighted by molar-refractivity contribution is -0.137. The highest BCUT2D eigenvalue weighted by Gasteiger charge is 2.30. The zero-order valence-electron chi connectivity index (χ0n) is 16.5. The quantitative estimate of drug-likeness (QED) is 0.530. The Morgan fingerprint density at radius 2 is 1.73 bits per heavy atom. The third-order valence-corrected chi connectivity index (χ3v) is 4.63. The molecule has 30 heavy (non-hydrogen) atoms. The normalized spacial score (nSPS) is 11.6. The summed E-state index contributed by atoms with van der Waals surface area (Å²) in [5, 5.41) is 4.48. The van der Waals surface area contributed by atoms with Gasteiger partial charge in [-0.3, -0.25) is 4.79 Å². The molecule has 1 amide bonds. The van der Waals surface area contributed by atoms with Crippen molar-refractivity contribution in [2.45, 2.75) is 6.18 Å². The molecule has 0 saturated carbocycles. The minimum Gasteiger partial charge on any atom is -0.382 e. The van der Waals surface area contributed by atoms with Gasteiger partial charge in [0.1, 0.15) is 0 Å². The van der Waals surface area contributed by atoms with Crippen molar-refractivity contribution in [1.29, 1.82) is 0 Å². The minimum absolute atomic E-state index is 0.216. The molecule has 0 bridgehead atoms. The van der Waals surface area contributed by atoms with Crippen LogP contribution < -0.4 is 5.32 Å². The summed E-state index contributed by atoms with van der Waals surface area (Å²) in [5.41, 5.74) is 1.30. The topological polar surface area (TPSA) is 47.6 Å². The van der Waals surface area contributed by atoms with Gasteiger partial charge in [0.05, 0.1) is 25.4 Å². The van der Waals surface area contributed by atoms with Gasteiger partial charge in [-0.15, -0.1) is 0 Å². The molecule has 0 aliphatic heterocycles. The van der Waals surface area contributed by atoms with Crippen LogP contribution in [0.3, 0.4) is 0 Å². The van der Waals surface area contributed by atoms with E-state index in [0.29, 0.717) is 37.5 Å². The highest BCUT2D eigenvalue weighted by Crippen LogP contribution is 2.33. The Balaban J connectivity index is 1.75. The fourth-order valence-corrected chi connectivity index (χ4v) is 3.10. The van der Waals surface area contributed by atoms with E-state index in [1.807, 2.05) is 24.3 Å². The summed E-state index contributed by atoms with van der Waals surface area (Å²) < 4.78 is 48.6. The van der Waals surface area contributed by atoms with Crippen molar-refractivity contribution in [3.05, 3.63) is 71.8 Å². The van der Waals surface area contributed by atoms with Crippen molar-refractivity contribution in [2.24, 2.45) is 0 Å². The van der Waals surface area contributed by atoms with Crippen LogP contribution in [0.25, 0.3) is 21.9 Å². The van der Waals surface area contributed by atoms with Crippen LogP contribution in [-0.2, 0) is 15.7 Å². The maximum Gasteiger partial charge on any atom is 0.416 e. The van der Waals surface area contributed by atoms with E-state index < -0.39 is 11.7 Å². The van der Waals surface area contributed by atoms with Gasteiger partial charge in [0.2, 0.25) is 0 Å². The smallest absolute Gasteiger partial charge is 0.382 e. The number of alkyl halides is 3. The molecule has 0 radical (unpaired) electrons. The Kier molecular flexibility index (Phi) is 7.07. The SMILES string of the molecule is COCCOCCNC(=O)c1ccc2c(-c3ccc(C(F)(F)F)cc3)cccc2c1. The molecule has 0 aliphatic rings. The Bertz CT molecular complexity index is 1000. The Morgan fingerprint density at radius 1 is 0.967 bits per heavy atom. The highest BCUT2D eigenvalue weighted by atomic mass is 19.4. The van der Waals surface area contributed by atoms with E-state index in [1.165, 1.54) is 12.1 Å². The maximum atomic E-state index is 12.8. The summed E-state index contributed by atoms with van der Waals surface area (Å²) >= 11 is 0. The molecule has 0 aromatic heterocycles. The number of rotatable bonds is 8. The van der Waals surface area contributed by atoms with Crippen LogP contribution in [0.2, 0.25) is 0 Å². The average Bonchev–Trinajstić information content (AvgIpc) is 2.74. The average molecular weight is 417 g/mol. The first-order valence-electron chi connectivity index (χ1n) is 9.45. The van der Waals surface area contributed by atoms with Crippen molar-refractivity contribution in [3.8, 4) is 11.1 Å². The van der Waals surface area contributed by atoms with Crippen molar-refractivity contribution >= 4 is 16.7 Å². The van der Waals surface area contributed by atoms with Crippen LogP contribution in [0.1, 0.15) is 15.9 Å². The van der Waals surface area contributed by atoms with Gasteiger partial charge in [-0.25, -0.2) is 0 Å². The van der Waals surface area contributed by atoms with Gasteiger partial charge in [0.15, 0.2) is 0 Å². The second kappa shape index (κ2) is 9.73. The molecule has 158 valence electrons. The van der Waals surface area contributed by atoms with Gasteiger partial charge < -0.3 is 14.8 Å². The van der Waals surface area contributed by atoms with Gasteiger partial charge in [-0.05, 0) is 46.2 Å². The van der Waals surface area contributed by atoms with Crippen molar-refractivity contribution in [2.75, 3.05) is 33.5 Å². The molecule has 0 atom stereocenters. The van der Waals surface area contributed by atoms with E-state index in [2.05, 4.69) is 5.32 Å². The molecule has 3 rings (SSSR count). The first-order chi connectivity index (χ1) is 14.4. The lowest BCUT2D eigenvalue weighted by atomic mass is 9.96. The molecule has 3 aromatic carbocycles. The fourth-order valence-electron chi connectivity index (χ4n) is 3.10. The number of carbonyl (C=O) groups excluding carboxylic acids is 1. The largest absolute Gasteiger partial charge is 0.416 e. The first kappa shape index (κ1) is 21.8. The van der Waals surface area contributed by atoms with Crippen LogP contribution in [-0.4, -0.2) is 39.4 Å². The fraction of sp³-hybridized carbons (Fsp3) is 0.261. The molecule has 3 aromatic rings. The lowest BCUT2D eigenvalue weighted by Gasteiger charge is -2.11. The molecule has 0 unspecified atom stereocenters. The monoisotopic (exact) mass is 417 g/mol. The van der Waals surface area contributed by atoms with Crippen LogP contribution in [0.5, 0.6) is 0 Å². The zero-order valence-corrected chi connectivity index (χ0v) is 16.5. The zero-order chi connectivity index (χ0) is 21.6. The number of nitrogens with one attached hydrogen (secondary N) is 1. The van der Waals surface area contributed by atoms with E-state index in [-0.39, 0.29) is 5.91 Å². The number of fused-ring (bicyclic) bond motifs is 1. The predicted molar refractivity (Wildman–Crippen MR) is 109 cm³/mol. The molecule has 0 fully saturated rings. The number of halogens is 3. The van der Waals surface area contributed by atoms with Gasteiger partial charge in [0, 0.05) is 19.2 Å². The van der Waals surface area contributed by atoms with Gasteiger partial charge in [-0.1, -0.05) is 36.4 Å². The summed E-state index contributed by atoms with van der Waals surface area (Å²) in [4.78, 5) is 12.4. The van der Waals surface area contributed by atoms with Gasteiger partial charge in [0.25, 0.3) is 5.91 Å². The van der Waals surface area contributed by atoms with E-state index in [1.54, 1.807) is 19.2 Å². The maximum absolute atomic E-state index is 12.8. The van der Waals surface area contributed by atoms with E-state index >= 15 is 0 Å². The first-order valence-corrected chi connectivity index (χ1v) is 9.45. The molecule has 0 spiro atoms. The van der Waals surface area contributed by atoms with Crippen LogP contribution >= 0.6 is 0 Å². The molecule has 0 heterocycles. The van der Waals surface area contributed by atoms with Crippen LogP contribution in [0, 0.1) is 0 Å². The summed E-state index contributed by atoms with van der Waals surface area (Å²) in [5.74, 6) is -0.216. The van der Waals surface area contributed by atoms with E-state index in [4.69, 9.17) is 9.47 Å². The summed E-state index contributed by atoms with van der Waals surface area (Å²) in [6.45, 7) is 1.74. The van der Waals surface area contributed by atoms with Gasteiger partial charge >= 0.3 is 6.18 Å². The Hall–Kier alpha value is -2.90.